The molecule has 0 unspecified atom stereocenters. The Morgan fingerprint density at radius 1 is 1.39 bits per heavy atom. The minimum Gasteiger partial charge on any atom is -0.459 e. The van der Waals surface area contributed by atoms with Gasteiger partial charge in [0, 0.05) is 6.07 Å². The maximum Gasteiger partial charge on any atom is 0.340 e. The highest BCUT2D eigenvalue weighted by Gasteiger charge is 2.24. The summed E-state index contributed by atoms with van der Waals surface area (Å²) >= 11 is 5.84. The predicted octanol–water partition coefficient (Wildman–Crippen LogP) is 3.35. The second-order valence-corrected chi connectivity index (χ2v) is 4.59. The lowest BCUT2D eigenvalue weighted by Crippen LogP contribution is -2.15. The third-order valence-corrected chi connectivity index (χ3v) is 3.37. The molecule has 18 heavy (non-hydrogen) atoms. The first kappa shape index (κ1) is 12.8. The van der Waals surface area contributed by atoms with Gasteiger partial charge in [-0.1, -0.05) is 17.7 Å². The van der Waals surface area contributed by atoms with Crippen molar-refractivity contribution in [2.45, 2.75) is 31.8 Å². The van der Waals surface area contributed by atoms with E-state index in [2.05, 4.69) is 0 Å². The van der Waals surface area contributed by atoms with Gasteiger partial charge >= 0.3 is 5.97 Å². The van der Waals surface area contributed by atoms with E-state index in [-0.39, 0.29) is 22.4 Å². The van der Waals surface area contributed by atoms with Gasteiger partial charge in [-0.25, -0.2) is 4.79 Å². The smallest absolute Gasteiger partial charge is 0.340 e. The summed E-state index contributed by atoms with van der Waals surface area (Å²) in [4.78, 5) is 22.0. The molecule has 0 heterocycles. The molecule has 0 amide bonds. The standard InChI is InChI=1S/C12H12ClNO4/c13-11-9(6-3-7-10(11)14(16)17)12(15)18-8-4-1-2-5-8/h3,6-8H,1-2,4-5H2. The Morgan fingerprint density at radius 3 is 2.67 bits per heavy atom. The number of rotatable bonds is 3. The lowest BCUT2D eigenvalue weighted by molar-refractivity contribution is -0.384. The number of hydrogen-bond acceptors (Lipinski definition) is 4. The highest BCUT2D eigenvalue weighted by Crippen LogP contribution is 2.29. The molecule has 1 saturated carbocycles. The number of hydrogen-bond donors (Lipinski definition) is 0. The molecule has 1 aliphatic carbocycles. The van der Waals surface area contributed by atoms with Crippen LogP contribution < -0.4 is 0 Å². The fourth-order valence-corrected chi connectivity index (χ4v) is 2.31. The molecular formula is C12H12ClNO4. The van der Waals surface area contributed by atoms with Gasteiger partial charge in [-0.2, -0.15) is 0 Å². The van der Waals surface area contributed by atoms with Crippen molar-refractivity contribution in [2.24, 2.45) is 0 Å². The van der Waals surface area contributed by atoms with E-state index >= 15 is 0 Å². The van der Waals surface area contributed by atoms with Gasteiger partial charge in [0.15, 0.2) is 0 Å². The van der Waals surface area contributed by atoms with Gasteiger partial charge in [0.1, 0.15) is 11.1 Å². The van der Waals surface area contributed by atoms with Crippen LogP contribution in [0.2, 0.25) is 5.02 Å². The highest BCUT2D eigenvalue weighted by molar-refractivity contribution is 6.35. The van der Waals surface area contributed by atoms with Crippen molar-refractivity contribution in [2.75, 3.05) is 0 Å². The number of nitrogens with zero attached hydrogens (tertiary/aromatic N) is 1. The molecule has 1 aromatic rings. The molecule has 6 heteroatoms. The third-order valence-electron chi connectivity index (χ3n) is 2.97. The topological polar surface area (TPSA) is 69.4 Å². The zero-order valence-electron chi connectivity index (χ0n) is 9.60. The summed E-state index contributed by atoms with van der Waals surface area (Å²) in [6, 6.07) is 4.12. The van der Waals surface area contributed by atoms with Crippen molar-refractivity contribution in [1.29, 1.82) is 0 Å². The molecular weight excluding hydrogens is 258 g/mol. The van der Waals surface area contributed by atoms with Crippen molar-refractivity contribution in [3.63, 3.8) is 0 Å². The molecule has 0 aromatic heterocycles. The molecule has 5 nitrogen and oxygen atoms in total. The molecule has 96 valence electrons. The van der Waals surface area contributed by atoms with E-state index in [1.807, 2.05) is 0 Å². The number of carbonyl (C=O) groups is 1. The van der Waals surface area contributed by atoms with Crippen LogP contribution in [0.1, 0.15) is 36.0 Å². The van der Waals surface area contributed by atoms with Gasteiger partial charge in [0.25, 0.3) is 5.69 Å². The molecule has 0 aliphatic heterocycles. The quantitative estimate of drug-likeness (QED) is 0.479. The normalized spacial score (nSPS) is 15.6. The van der Waals surface area contributed by atoms with E-state index in [9.17, 15) is 14.9 Å². The molecule has 0 bridgehead atoms. The molecule has 1 fully saturated rings. The van der Waals surface area contributed by atoms with E-state index in [0.717, 1.165) is 25.7 Å². The monoisotopic (exact) mass is 269 g/mol. The molecule has 1 aromatic carbocycles. The van der Waals surface area contributed by atoms with Gasteiger partial charge in [0.05, 0.1) is 10.5 Å². The summed E-state index contributed by atoms with van der Waals surface area (Å²) < 4.78 is 5.27. The number of benzene rings is 1. The van der Waals surface area contributed by atoms with E-state index in [0.29, 0.717) is 0 Å². The van der Waals surface area contributed by atoms with Crippen LogP contribution in [-0.2, 0) is 4.74 Å². The summed E-state index contributed by atoms with van der Waals surface area (Å²) in [5.41, 5.74) is -0.227. The van der Waals surface area contributed by atoms with E-state index in [1.165, 1.54) is 18.2 Å². The fourth-order valence-electron chi connectivity index (χ4n) is 2.04. The summed E-state index contributed by atoms with van der Waals surface area (Å²) in [5.74, 6) is -0.587. The van der Waals surface area contributed by atoms with Crippen LogP contribution in [0.15, 0.2) is 18.2 Å². The second-order valence-electron chi connectivity index (χ2n) is 4.21. The summed E-state index contributed by atoms with van der Waals surface area (Å²) in [7, 11) is 0. The highest BCUT2D eigenvalue weighted by atomic mass is 35.5. The van der Waals surface area contributed by atoms with E-state index in [1.54, 1.807) is 0 Å². The van der Waals surface area contributed by atoms with Crippen molar-refractivity contribution < 1.29 is 14.5 Å². The summed E-state index contributed by atoms with van der Waals surface area (Å²) in [5, 5.41) is 10.5. The number of carbonyl (C=O) groups excluding carboxylic acids is 1. The molecule has 0 atom stereocenters. The Balaban J connectivity index is 2.19. The maximum atomic E-state index is 11.9. The van der Waals surface area contributed by atoms with Crippen LogP contribution in [0.3, 0.4) is 0 Å². The molecule has 2 rings (SSSR count). The first-order valence-corrected chi connectivity index (χ1v) is 6.11. The lowest BCUT2D eigenvalue weighted by Gasteiger charge is -2.11. The van der Waals surface area contributed by atoms with E-state index in [4.69, 9.17) is 16.3 Å². The summed E-state index contributed by atoms with van der Waals surface area (Å²) in [6.45, 7) is 0. The molecule has 1 aliphatic rings. The van der Waals surface area contributed by atoms with Crippen molar-refractivity contribution in [3.8, 4) is 0 Å². The van der Waals surface area contributed by atoms with Crippen LogP contribution in [0.5, 0.6) is 0 Å². The van der Waals surface area contributed by atoms with Crippen molar-refractivity contribution in [1.82, 2.24) is 0 Å². The molecule has 0 saturated heterocycles. The van der Waals surface area contributed by atoms with Gasteiger partial charge in [-0.15, -0.1) is 0 Å². The number of esters is 1. The van der Waals surface area contributed by atoms with Crippen LogP contribution in [0, 0.1) is 10.1 Å². The van der Waals surface area contributed by atoms with Crippen LogP contribution in [-0.4, -0.2) is 17.0 Å². The first-order chi connectivity index (χ1) is 8.59. The van der Waals surface area contributed by atoms with Crippen LogP contribution >= 0.6 is 11.6 Å². The van der Waals surface area contributed by atoms with Gasteiger partial charge in [0.2, 0.25) is 0 Å². The molecule has 0 spiro atoms. The predicted molar refractivity (Wildman–Crippen MR) is 65.8 cm³/mol. The van der Waals surface area contributed by atoms with Crippen LogP contribution in [0.25, 0.3) is 0 Å². The maximum absolute atomic E-state index is 11.9. The zero-order valence-corrected chi connectivity index (χ0v) is 10.4. The van der Waals surface area contributed by atoms with Crippen molar-refractivity contribution in [3.05, 3.63) is 38.9 Å². The number of ether oxygens (including phenoxy) is 1. The van der Waals surface area contributed by atoms with E-state index < -0.39 is 10.9 Å². The van der Waals surface area contributed by atoms with Gasteiger partial charge in [-0.05, 0) is 31.7 Å². The minimum absolute atomic E-state index is 0.0535. The SMILES string of the molecule is O=C(OC1CCCC1)c1cccc([N+](=O)[O-])c1Cl. The largest absolute Gasteiger partial charge is 0.459 e. The minimum atomic E-state index is -0.616. The van der Waals surface area contributed by atoms with Crippen LogP contribution in [0.4, 0.5) is 5.69 Å². The Kier molecular flexibility index (Phi) is 3.81. The average Bonchev–Trinajstić information content (AvgIpc) is 2.81. The number of nitro benzene ring substituents is 1. The summed E-state index contributed by atoms with van der Waals surface area (Å²) in [6.07, 6.45) is 3.69. The van der Waals surface area contributed by atoms with Crippen molar-refractivity contribution >= 4 is 23.3 Å². The zero-order chi connectivity index (χ0) is 13.1. The first-order valence-electron chi connectivity index (χ1n) is 5.73. The number of halogens is 1. The lowest BCUT2D eigenvalue weighted by atomic mass is 10.2. The Morgan fingerprint density at radius 2 is 2.06 bits per heavy atom. The van der Waals surface area contributed by atoms with Gasteiger partial charge < -0.3 is 4.74 Å². The average molecular weight is 270 g/mol. The van der Waals surface area contributed by atoms with Gasteiger partial charge in [-0.3, -0.25) is 10.1 Å². The Labute approximate surface area is 109 Å². The third kappa shape index (κ3) is 2.61. The second kappa shape index (κ2) is 5.35. The molecule has 0 N–H and O–H groups in total. The fraction of sp³-hybridized carbons (Fsp3) is 0.417. The number of nitro groups is 1. The molecule has 0 radical (unpaired) electrons. The Bertz CT molecular complexity index is 483. The Hall–Kier alpha value is -1.62.